The van der Waals surface area contributed by atoms with Crippen molar-refractivity contribution in [3.63, 3.8) is 0 Å². The molecule has 2 nitrogen and oxygen atoms in total. The highest BCUT2D eigenvalue weighted by Crippen LogP contribution is 2.52. The molecule has 1 aromatic carbocycles. The standard InChI is InChI=1S/C13H15F6NO/c1-3-7-5-9(20)6-8(4-2)10(7)11(21,12(14,15)16)13(17,18)19/h5-6,21H,3-4,20H2,1-2H3. The van der Waals surface area contributed by atoms with Crippen molar-refractivity contribution in [3.8, 4) is 0 Å². The van der Waals surface area contributed by atoms with E-state index in [0.717, 1.165) is 12.1 Å². The summed E-state index contributed by atoms with van der Waals surface area (Å²) in [5.41, 5.74) is -1.07. The summed E-state index contributed by atoms with van der Waals surface area (Å²) in [6, 6.07) is 2.05. The molecule has 0 aliphatic rings. The average Bonchev–Trinajstić information content (AvgIpc) is 2.33. The summed E-state index contributed by atoms with van der Waals surface area (Å²) in [5, 5.41) is 9.58. The molecule has 0 atom stereocenters. The SMILES string of the molecule is CCc1cc(N)cc(CC)c1C(O)(C(F)(F)F)C(F)(F)F. The third-order valence-electron chi connectivity index (χ3n) is 3.27. The van der Waals surface area contributed by atoms with E-state index >= 15 is 0 Å². The van der Waals surface area contributed by atoms with Gasteiger partial charge in [0.1, 0.15) is 0 Å². The minimum absolute atomic E-state index is 0.0548. The molecular formula is C13H15F6NO. The van der Waals surface area contributed by atoms with Crippen LogP contribution in [0.3, 0.4) is 0 Å². The number of rotatable bonds is 3. The maximum atomic E-state index is 13.0. The highest BCUT2D eigenvalue weighted by Gasteiger charge is 2.72. The summed E-state index contributed by atoms with van der Waals surface area (Å²) < 4.78 is 78.1. The summed E-state index contributed by atoms with van der Waals surface area (Å²) in [6.45, 7) is 2.79. The molecule has 0 aliphatic heterocycles. The lowest BCUT2D eigenvalue weighted by Crippen LogP contribution is -2.55. The maximum absolute atomic E-state index is 13.0. The molecule has 8 heteroatoms. The zero-order chi connectivity index (χ0) is 16.6. The van der Waals surface area contributed by atoms with Crippen LogP contribution >= 0.6 is 0 Å². The lowest BCUT2D eigenvalue weighted by atomic mass is 9.82. The van der Waals surface area contributed by atoms with E-state index in [4.69, 9.17) is 5.73 Å². The minimum atomic E-state index is -5.89. The summed E-state index contributed by atoms with van der Waals surface area (Å²) in [4.78, 5) is 0. The molecular weight excluding hydrogens is 300 g/mol. The molecule has 0 bridgehead atoms. The number of alkyl halides is 6. The van der Waals surface area contributed by atoms with Gasteiger partial charge < -0.3 is 10.8 Å². The molecule has 0 amide bonds. The first-order valence-corrected chi connectivity index (χ1v) is 6.17. The summed E-state index contributed by atoms with van der Waals surface area (Å²) in [6.07, 6.45) is -12.0. The Morgan fingerprint density at radius 2 is 1.24 bits per heavy atom. The van der Waals surface area contributed by atoms with Crippen molar-refractivity contribution in [2.24, 2.45) is 0 Å². The Hall–Kier alpha value is -1.44. The molecule has 1 aromatic rings. The fourth-order valence-electron chi connectivity index (χ4n) is 2.26. The van der Waals surface area contributed by atoms with Crippen molar-refractivity contribution in [3.05, 3.63) is 28.8 Å². The van der Waals surface area contributed by atoms with Crippen molar-refractivity contribution < 1.29 is 31.4 Å². The third kappa shape index (κ3) is 2.81. The van der Waals surface area contributed by atoms with Gasteiger partial charge in [0.05, 0.1) is 0 Å². The number of hydrogen-bond donors (Lipinski definition) is 2. The highest BCUT2D eigenvalue weighted by molar-refractivity contribution is 5.53. The van der Waals surface area contributed by atoms with Crippen LogP contribution in [0.15, 0.2) is 12.1 Å². The lowest BCUT2D eigenvalue weighted by molar-refractivity contribution is -0.376. The number of nitrogens with two attached hydrogens (primary N) is 1. The molecule has 1 rings (SSSR count). The number of aliphatic hydroxyl groups is 1. The number of nitrogen functional groups attached to an aromatic ring is 1. The molecule has 0 spiro atoms. The summed E-state index contributed by atoms with van der Waals surface area (Å²) in [5.74, 6) is 0. The Morgan fingerprint density at radius 3 is 1.48 bits per heavy atom. The van der Waals surface area contributed by atoms with E-state index in [9.17, 15) is 31.4 Å². The smallest absolute Gasteiger partial charge is 0.399 e. The van der Waals surface area contributed by atoms with Crippen LogP contribution in [-0.4, -0.2) is 17.5 Å². The van der Waals surface area contributed by atoms with Crippen LogP contribution in [0.25, 0.3) is 0 Å². The van der Waals surface area contributed by atoms with Gasteiger partial charge in [-0.15, -0.1) is 0 Å². The van der Waals surface area contributed by atoms with Crippen LogP contribution in [0.2, 0.25) is 0 Å². The minimum Gasteiger partial charge on any atom is -0.399 e. The van der Waals surface area contributed by atoms with E-state index in [0.29, 0.717) is 0 Å². The molecule has 120 valence electrons. The number of anilines is 1. The van der Waals surface area contributed by atoms with Gasteiger partial charge in [-0.2, -0.15) is 26.3 Å². The van der Waals surface area contributed by atoms with Gasteiger partial charge in [-0.1, -0.05) is 13.8 Å². The topological polar surface area (TPSA) is 46.2 Å². The molecule has 0 fully saturated rings. The normalized spacial score (nSPS) is 13.6. The van der Waals surface area contributed by atoms with E-state index in [-0.39, 0.29) is 29.7 Å². The molecule has 3 N–H and O–H groups in total. The van der Waals surface area contributed by atoms with Crippen molar-refractivity contribution in [2.75, 3.05) is 5.73 Å². The van der Waals surface area contributed by atoms with E-state index in [1.807, 2.05) is 0 Å². The zero-order valence-corrected chi connectivity index (χ0v) is 11.4. The largest absolute Gasteiger partial charge is 0.430 e. The summed E-state index contributed by atoms with van der Waals surface area (Å²) >= 11 is 0. The third-order valence-corrected chi connectivity index (χ3v) is 3.27. The van der Waals surface area contributed by atoms with Crippen molar-refractivity contribution in [1.29, 1.82) is 0 Å². The van der Waals surface area contributed by atoms with E-state index in [1.165, 1.54) is 13.8 Å². The van der Waals surface area contributed by atoms with Crippen molar-refractivity contribution in [2.45, 2.75) is 44.6 Å². The van der Waals surface area contributed by atoms with Gasteiger partial charge in [0.25, 0.3) is 5.60 Å². The predicted octanol–water partition coefficient (Wildman–Crippen LogP) is 3.71. The average molecular weight is 315 g/mol. The number of benzene rings is 1. The molecule has 0 saturated heterocycles. The highest BCUT2D eigenvalue weighted by atomic mass is 19.4. The van der Waals surface area contributed by atoms with E-state index < -0.39 is 23.5 Å². The van der Waals surface area contributed by atoms with Crippen LogP contribution in [-0.2, 0) is 18.4 Å². The molecule has 21 heavy (non-hydrogen) atoms. The first-order chi connectivity index (χ1) is 9.40. The first kappa shape index (κ1) is 17.6. The molecule has 0 aromatic heterocycles. The van der Waals surface area contributed by atoms with Gasteiger partial charge >= 0.3 is 12.4 Å². The van der Waals surface area contributed by atoms with Gasteiger partial charge in [0.2, 0.25) is 0 Å². The summed E-state index contributed by atoms with van der Waals surface area (Å²) in [7, 11) is 0. The number of halogens is 6. The second kappa shape index (κ2) is 5.40. The van der Waals surface area contributed by atoms with E-state index in [1.54, 1.807) is 0 Å². The van der Waals surface area contributed by atoms with Crippen LogP contribution in [0.1, 0.15) is 30.5 Å². The fraction of sp³-hybridized carbons (Fsp3) is 0.538. The van der Waals surface area contributed by atoms with Crippen LogP contribution in [0, 0.1) is 0 Å². The molecule has 0 unspecified atom stereocenters. The van der Waals surface area contributed by atoms with Crippen molar-refractivity contribution in [1.82, 2.24) is 0 Å². The number of hydrogen-bond acceptors (Lipinski definition) is 2. The van der Waals surface area contributed by atoms with E-state index in [2.05, 4.69) is 0 Å². The molecule has 0 saturated carbocycles. The van der Waals surface area contributed by atoms with Crippen LogP contribution < -0.4 is 5.73 Å². The van der Waals surface area contributed by atoms with Gasteiger partial charge in [-0.25, -0.2) is 0 Å². The van der Waals surface area contributed by atoms with Gasteiger partial charge in [0.15, 0.2) is 0 Å². The van der Waals surface area contributed by atoms with Crippen LogP contribution in [0.5, 0.6) is 0 Å². The Bertz CT molecular complexity index is 481. The predicted molar refractivity (Wildman–Crippen MR) is 65.6 cm³/mol. The molecule has 0 aliphatic carbocycles. The second-order valence-electron chi connectivity index (χ2n) is 4.63. The van der Waals surface area contributed by atoms with Crippen LogP contribution in [0.4, 0.5) is 32.0 Å². The quantitative estimate of drug-likeness (QED) is 0.660. The monoisotopic (exact) mass is 315 g/mol. The van der Waals surface area contributed by atoms with Gasteiger partial charge in [-0.3, -0.25) is 0 Å². The Morgan fingerprint density at radius 1 is 0.905 bits per heavy atom. The Labute approximate surface area is 117 Å². The van der Waals surface area contributed by atoms with Gasteiger partial charge in [0, 0.05) is 11.3 Å². The van der Waals surface area contributed by atoms with Gasteiger partial charge in [-0.05, 0) is 36.1 Å². The Kier molecular flexibility index (Phi) is 4.53. The Balaban J connectivity index is 3.83. The fourth-order valence-corrected chi connectivity index (χ4v) is 2.26. The second-order valence-corrected chi connectivity index (χ2v) is 4.63. The molecule has 0 heterocycles. The molecule has 0 radical (unpaired) electrons. The number of aryl methyl sites for hydroxylation is 2. The van der Waals surface area contributed by atoms with Crippen molar-refractivity contribution >= 4 is 5.69 Å². The lowest BCUT2D eigenvalue weighted by Gasteiger charge is -2.35. The first-order valence-electron chi connectivity index (χ1n) is 6.17. The zero-order valence-electron chi connectivity index (χ0n) is 11.4. The maximum Gasteiger partial charge on any atom is 0.430 e.